The number of benzene rings is 1. The molecule has 156 valence electrons. The fourth-order valence-electron chi connectivity index (χ4n) is 2.73. The monoisotopic (exact) mass is 407 g/mol. The van der Waals surface area contributed by atoms with E-state index in [0.717, 1.165) is 16.7 Å². The Hall–Kier alpha value is -3.74. The number of ether oxygens (including phenoxy) is 1. The van der Waals surface area contributed by atoms with Crippen molar-refractivity contribution in [3.05, 3.63) is 82.5 Å². The van der Waals surface area contributed by atoms with Gasteiger partial charge in [0.25, 0.3) is 11.5 Å². The summed E-state index contributed by atoms with van der Waals surface area (Å²) in [7, 11) is 1.25. The van der Waals surface area contributed by atoms with Gasteiger partial charge in [-0.15, -0.1) is 0 Å². The average Bonchev–Trinajstić information content (AvgIpc) is 2.77. The van der Waals surface area contributed by atoms with Crippen LogP contribution in [0.4, 0.5) is 5.69 Å². The van der Waals surface area contributed by atoms with Crippen LogP contribution < -0.4 is 10.9 Å². The van der Waals surface area contributed by atoms with Crippen molar-refractivity contribution < 1.29 is 14.3 Å². The molecular weight excluding hydrogens is 382 g/mol. The van der Waals surface area contributed by atoms with Crippen LogP contribution in [0.3, 0.4) is 0 Å². The van der Waals surface area contributed by atoms with Gasteiger partial charge in [-0.1, -0.05) is 26.0 Å². The van der Waals surface area contributed by atoms with E-state index in [4.69, 9.17) is 0 Å². The molecule has 0 aliphatic carbocycles. The number of carbonyl (C=O) groups is 2. The summed E-state index contributed by atoms with van der Waals surface area (Å²) >= 11 is 0. The topological polar surface area (TPSA) is 90.3 Å². The lowest BCUT2D eigenvalue weighted by molar-refractivity contribution is -0.141. The van der Waals surface area contributed by atoms with Gasteiger partial charge in [0.15, 0.2) is 0 Å². The summed E-state index contributed by atoms with van der Waals surface area (Å²) in [5.41, 5.74) is 3.39. The molecule has 1 amide bonds. The number of aromatic nitrogens is 2. The summed E-state index contributed by atoms with van der Waals surface area (Å²) in [6, 6.07) is 11.9. The van der Waals surface area contributed by atoms with Gasteiger partial charge < -0.3 is 14.6 Å². The number of esters is 1. The zero-order valence-electron chi connectivity index (χ0n) is 17.5. The highest BCUT2D eigenvalue weighted by Crippen LogP contribution is 2.23. The van der Waals surface area contributed by atoms with Crippen molar-refractivity contribution in [2.45, 2.75) is 27.3 Å². The van der Waals surface area contributed by atoms with E-state index in [9.17, 15) is 14.4 Å². The van der Waals surface area contributed by atoms with Gasteiger partial charge in [0.1, 0.15) is 6.54 Å². The molecule has 0 aliphatic rings. The molecule has 0 saturated carbocycles. The number of rotatable bonds is 5. The van der Waals surface area contributed by atoms with E-state index in [2.05, 4.69) is 15.0 Å². The first-order valence-electron chi connectivity index (χ1n) is 9.57. The maximum Gasteiger partial charge on any atom is 0.325 e. The van der Waals surface area contributed by atoms with E-state index >= 15 is 0 Å². The fraction of sp³-hybridized carbons (Fsp3) is 0.217. The predicted molar refractivity (Wildman–Crippen MR) is 116 cm³/mol. The highest BCUT2D eigenvalue weighted by Gasteiger charge is 2.11. The van der Waals surface area contributed by atoms with Crippen LogP contribution in [0.1, 0.15) is 29.8 Å². The number of nitrogens with one attached hydrogen (secondary N) is 1. The lowest BCUT2D eigenvalue weighted by Crippen LogP contribution is -2.24. The molecule has 0 radical (unpaired) electrons. The normalized spacial score (nSPS) is 9.87. The van der Waals surface area contributed by atoms with Crippen molar-refractivity contribution in [1.82, 2.24) is 9.55 Å². The molecular formula is C23H25N3O4. The van der Waals surface area contributed by atoms with Crippen molar-refractivity contribution in [3.63, 3.8) is 0 Å². The number of hydrogen-bond acceptors (Lipinski definition) is 5. The van der Waals surface area contributed by atoms with Crippen LogP contribution in [0.25, 0.3) is 11.1 Å². The summed E-state index contributed by atoms with van der Waals surface area (Å²) in [6.45, 7) is 5.75. The maximum atomic E-state index is 12.7. The van der Waals surface area contributed by atoms with Gasteiger partial charge in [0.05, 0.1) is 12.8 Å². The molecule has 3 aromatic rings. The Morgan fingerprint density at radius 1 is 1.13 bits per heavy atom. The lowest BCUT2D eigenvalue weighted by Gasteiger charge is -2.10. The van der Waals surface area contributed by atoms with Crippen molar-refractivity contribution >= 4 is 17.6 Å². The Bertz CT molecular complexity index is 1090. The summed E-state index contributed by atoms with van der Waals surface area (Å²) in [4.78, 5) is 40.1. The minimum Gasteiger partial charge on any atom is -0.468 e. The number of aryl methyl sites for hydroxylation is 1. The number of pyridine rings is 2. The molecule has 2 heterocycles. The van der Waals surface area contributed by atoms with Gasteiger partial charge in [-0.25, -0.2) is 0 Å². The number of nitrogens with zero attached hydrogens (tertiary/aromatic N) is 2. The third-order valence-corrected chi connectivity index (χ3v) is 4.24. The Kier molecular flexibility index (Phi) is 8.05. The van der Waals surface area contributed by atoms with Crippen LogP contribution in [0.5, 0.6) is 0 Å². The first-order valence-corrected chi connectivity index (χ1v) is 9.57. The summed E-state index contributed by atoms with van der Waals surface area (Å²) in [5.74, 6) is -0.878. The van der Waals surface area contributed by atoms with Gasteiger partial charge >= 0.3 is 5.97 Å². The molecule has 0 atom stereocenters. The zero-order valence-corrected chi connectivity index (χ0v) is 17.5. The van der Waals surface area contributed by atoms with E-state index in [1.807, 2.05) is 32.9 Å². The Labute approximate surface area is 175 Å². The average molecular weight is 407 g/mol. The third kappa shape index (κ3) is 5.64. The van der Waals surface area contributed by atoms with Gasteiger partial charge in [-0.2, -0.15) is 0 Å². The molecule has 0 bridgehead atoms. The Balaban J connectivity index is 0.00000155. The van der Waals surface area contributed by atoms with Gasteiger partial charge in [-0.3, -0.25) is 19.4 Å². The van der Waals surface area contributed by atoms with Gasteiger partial charge in [0, 0.05) is 35.8 Å². The maximum absolute atomic E-state index is 12.7. The van der Waals surface area contributed by atoms with Gasteiger partial charge in [-0.05, 0) is 42.3 Å². The second kappa shape index (κ2) is 10.7. The second-order valence-corrected chi connectivity index (χ2v) is 6.19. The summed E-state index contributed by atoms with van der Waals surface area (Å²) in [5, 5.41) is 2.74. The van der Waals surface area contributed by atoms with Gasteiger partial charge in [0.2, 0.25) is 0 Å². The number of methoxy groups -OCH3 is 1. The number of carbonyl (C=O) groups excluding carboxylic acids is 2. The molecule has 0 fully saturated rings. The minimum absolute atomic E-state index is 0.227. The first kappa shape index (κ1) is 22.5. The Morgan fingerprint density at radius 3 is 2.60 bits per heavy atom. The van der Waals surface area contributed by atoms with Crippen LogP contribution in [-0.4, -0.2) is 28.5 Å². The molecule has 0 spiro atoms. The van der Waals surface area contributed by atoms with E-state index < -0.39 is 5.97 Å². The molecule has 0 unspecified atom stereocenters. The number of anilines is 1. The molecule has 7 nitrogen and oxygen atoms in total. The van der Waals surface area contributed by atoms with Crippen LogP contribution in [0.15, 0.2) is 65.8 Å². The smallest absolute Gasteiger partial charge is 0.325 e. The predicted octanol–water partition coefficient (Wildman–Crippen LogP) is 3.67. The molecule has 30 heavy (non-hydrogen) atoms. The Morgan fingerprint density at radius 2 is 1.90 bits per heavy atom. The largest absolute Gasteiger partial charge is 0.468 e. The first-order chi connectivity index (χ1) is 14.5. The van der Waals surface area contributed by atoms with E-state index in [1.54, 1.807) is 30.6 Å². The molecule has 1 N–H and O–H groups in total. The molecule has 0 aliphatic heterocycles. The summed E-state index contributed by atoms with van der Waals surface area (Å²) < 4.78 is 5.75. The molecule has 0 saturated heterocycles. The van der Waals surface area contributed by atoms with Crippen LogP contribution in [0, 0.1) is 6.92 Å². The molecule has 1 aromatic carbocycles. The fourth-order valence-corrected chi connectivity index (χ4v) is 2.73. The van der Waals surface area contributed by atoms with Crippen molar-refractivity contribution in [3.8, 4) is 11.1 Å². The van der Waals surface area contributed by atoms with Crippen molar-refractivity contribution in [2.75, 3.05) is 12.4 Å². The standard InChI is InChI=1S/C21H19N3O4.C2H6/c1-14-8-9-22-11-18(14)15-4-3-5-16(10-15)21(27)23-17-6-7-19(25)24(12-17)13-20(26)28-2;1-2/h3-12H,13H2,1-2H3,(H,23,27);1-2H3. The highest BCUT2D eigenvalue weighted by atomic mass is 16.5. The molecule has 7 heteroatoms. The number of amides is 1. The SMILES string of the molecule is CC.COC(=O)Cn1cc(NC(=O)c2cccc(-c3cnccc3C)c2)ccc1=O. The van der Waals surface area contributed by atoms with Crippen LogP contribution in [-0.2, 0) is 16.1 Å². The number of hydrogen-bond donors (Lipinski definition) is 1. The highest BCUT2D eigenvalue weighted by molar-refractivity contribution is 6.04. The lowest BCUT2D eigenvalue weighted by atomic mass is 10.0. The van der Waals surface area contributed by atoms with Crippen LogP contribution in [0.2, 0.25) is 0 Å². The van der Waals surface area contributed by atoms with Crippen molar-refractivity contribution in [1.29, 1.82) is 0 Å². The van der Waals surface area contributed by atoms with E-state index in [1.165, 1.54) is 30.0 Å². The van der Waals surface area contributed by atoms with Crippen molar-refractivity contribution in [2.24, 2.45) is 0 Å². The quantitative estimate of drug-likeness (QED) is 0.652. The third-order valence-electron chi connectivity index (χ3n) is 4.24. The minimum atomic E-state index is -0.551. The van der Waals surface area contributed by atoms with E-state index in [-0.39, 0.29) is 18.0 Å². The summed E-state index contributed by atoms with van der Waals surface area (Å²) in [6.07, 6.45) is 4.89. The van der Waals surface area contributed by atoms with Crippen LogP contribution >= 0.6 is 0 Å². The molecule has 3 rings (SSSR count). The zero-order chi connectivity index (χ0) is 22.1. The second-order valence-electron chi connectivity index (χ2n) is 6.19. The van der Waals surface area contributed by atoms with E-state index in [0.29, 0.717) is 11.3 Å². The molecule has 2 aromatic heterocycles.